The Morgan fingerprint density at radius 3 is 2.53 bits per heavy atom. The number of amides is 2. The summed E-state index contributed by atoms with van der Waals surface area (Å²) in [5, 5.41) is 0. The van der Waals surface area contributed by atoms with E-state index in [0.29, 0.717) is 13.1 Å². The van der Waals surface area contributed by atoms with Gasteiger partial charge in [0.25, 0.3) is 0 Å². The van der Waals surface area contributed by atoms with E-state index >= 15 is 0 Å². The van der Waals surface area contributed by atoms with Crippen LogP contribution in [0.2, 0.25) is 0 Å². The number of carbonyl (C=O) groups excluding carboxylic acids is 1. The van der Waals surface area contributed by atoms with Crippen LogP contribution in [0.1, 0.15) is 13.8 Å². The highest BCUT2D eigenvalue weighted by molar-refractivity contribution is 5.76. The maximum atomic E-state index is 13.6. The van der Waals surface area contributed by atoms with Crippen molar-refractivity contribution in [1.82, 2.24) is 14.7 Å². The Hall–Kier alpha value is -1.78. The predicted octanol–water partition coefficient (Wildman–Crippen LogP) is 2.58. The molecule has 0 bridgehead atoms. The summed E-state index contributed by atoms with van der Waals surface area (Å²) in [4.78, 5) is 17.2. The van der Waals surface area contributed by atoms with Gasteiger partial charge in [-0.1, -0.05) is 6.08 Å². The van der Waals surface area contributed by atoms with Crippen LogP contribution in [0.15, 0.2) is 35.4 Å². The van der Waals surface area contributed by atoms with E-state index in [1.165, 1.54) is 17.1 Å². The lowest BCUT2D eigenvalue weighted by Crippen LogP contribution is -2.46. The molecule has 0 saturated carbocycles. The van der Waals surface area contributed by atoms with Crippen LogP contribution in [0.25, 0.3) is 0 Å². The van der Waals surface area contributed by atoms with Crippen molar-refractivity contribution in [3.8, 4) is 0 Å². The molecule has 1 heterocycles. The molecule has 0 unspecified atom stereocenters. The minimum Gasteiger partial charge on any atom is -0.371 e. The minimum atomic E-state index is -0.317. The highest BCUT2D eigenvalue weighted by Crippen LogP contribution is 2.22. The number of carbonyl (C=O) groups is 1. The molecule has 0 saturated heterocycles. The number of allylic oxidation sites excluding steroid dienone is 5. The van der Waals surface area contributed by atoms with Gasteiger partial charge in [0, 0.05) is 39.9 Å². The third-order valence-corrected chi connectivity index (χ3v) is 3.06. The first-order chi connectivity index (χ1) is 8.88. The lowest BCUT2D eigenvalue weighted by atomic mass is 10.2. The van der Waals surface area contributed by atoms with Gasteiger partial charge in [-0.05, 0) is 26.0 Å². The quantitative estimate of drug-likeness (QED) is 0.719. The van der Waals surface area contributed by atoms with Crippen LogP contribution in [0.3, 0.4) is 0 Å². The standard InChI is InChI=1S/C14H22FN3O/c1-6-7-12(15)10-13-11(2)18(9-8-17(13)5)14(19)16(3)4/h6-7,10H,8-9H2,1-5H3/b7-6-,12-10+. The Morgan fingerprint density at radius 1 is 1.37 bits per heavy atom. The van der Waals surface area contributed by atoms with Gasteiger partial charge in [-0.2, -0.15) is 0 Å². The average Bonchev–Trinajstić information content (AvgIpc) is 2.34. The van der Waals surface area contributed by atoms with E-state index in [1.54, 1.807) is 32.0 Å². The van der Waals surface area contributed by atoms with Gasteiger partial charge >= 0.3 is 6.03 Å². The predicted molar refractivity (Wildman–Crippen MR) is 75.1 cm³/mol. The van der Waals surface area contributed by atoms with E-state index in [-0.39, 0.29) is 11.9 Å². The zero-order valence-corrected chi connectivity index (χ0v) is 12.3. The maximum Gasteiger partial charge on any atom is 0.323 e. The largest absolute Gasteiger partial charge is 0.371 e. The van der Waals surface area contributed by atoms with Gasteiger partial charge in [-0.3, -0.25) is 4.90 Å². The summed E-state index contributed by atoms with van der Waals surface area (Å²) in [5.74, 6) is -0.317. The summed E-state index contributed by atoms with van der Waals surface area (Å²) >= 11 is 0. The van der Waals surface area contributed by atoms with E-state index in [1.807, 2.05) is 18.9 Å². The molecule has 0 atom stereocenters. The minimum absolute atomic E-state index is 0.0806. The van der Waals surface area contributed by atoms with Crippen LogP contribution in [0, 0.1) is 0 Å². The summed E-state index contributed by atoms with van der Waals surface area (Å²) in [6.45, 7) is 4.90. The Labute approximate surface area is 114 Å². The van der Waals surface area contributed by atoms with Gasteiger partial charge in [0.15, 0.2) is 0 Å². The number of rotatable bonds is 2. The second-order valence-electron chi connectivity index (χ2n) is 4.75. The summed E-state index contributed by atoms with van der Waals surface area (Å²) in [5.41, 5.74) is 1.50. The molecule has 0 aliphatic carbocycles. The number of nitrogens with zero attached hydrogens (tertiary/aromatic N) is 3. The topological polar surface area (TPSA) is 26.8 Å². The molecule has 0 spiro atoms. The van der Waals surface area contributed by atoms with Crippen molar-refractivity contribution in [2.75, 3.05) is 34.2 Å². The van der Waals surface area contributed by atoms with Crippen LogP contribution >= 0.6 is 0 Å². The maximum absolute atomic E-state index is 13.6. The molecule has 0 aromatic rings. The second-order valence-corrected chi connectivity index (χ2v) is 4.75. The highest BCUT2D eigenvalue weighted by Gasteiger charge is 2.25. The Morgan fingerprint density at radius 2 is 2.00 bits per heavy atom. The molecule has 1 aliphatic heterocycles. The zero-order valence-electron chi connectivity index (χ0n) is 12.3. The normalized spacial score (nSPS) is 17.5. The zero-order chi connectivity index (χ0) is 14.6. The number of halogens is 1. The third-order valence-electron chi connectivity index (χ3n) is 3.06. The van der Waals surface area contributed by atoms with Crippen molar-refractivity contribution >= 4 is 6.03 Å². The summed E-state index contributed by atoms with van der Waals surface area (Å²) in [6, 6.07) is -0.0806. The van der Waals surface area contributed by atoms with Crippen molar-refractivity contribution < 1.29 is 9.18 Å². The van der Waals surface area contributed by atoms with Crippen molar-refractivity contribution in [2.24, 2.45) is 0 Å². The molecule has 0 aromatic heterocycles. The molecule has 1 aliphatic rings. The molecular formula is C14H22FN3O. The van der Waals surface area contributed by atoms with Gasteiger partial charge in [0.2, 0.25) is 0 Å². The highest BCUT2D eigenvalue weighted by atomic mass is 19.1. The smallest absolute Gasteiger partial charge is 0.323 e. The van der Waals surface area contributed by atoms with Gasteiger partial charge in [-0.15, -0.1) is 0 Å². The molecule has 5 heteroatoms. The van der Waals surface area contributed by atoms with Crippen LogP contribution in [0.4, 0.5) is 9.18 Å². The number of hydrogen-bond donors (Lipinski definition) is 0. The van der Waals surface area contributed by atoms with Gasteiger partial charge in [0.1, 0.15) is 5.83 Å². The van der Waals surface area contributed by atoms with E-state index in [0.717, 1.165) is 11.4 Å². The van der Waals surface area contributed by atoms with E-state index < -0.39 is 0 Å². The molecule has 0 radical (unpaired) electrons. The third kappa shape index (κ3) is 3.59. The molecule has 19 heavy (non-hydrogen) atoms. The van der Waals surface area contributed by atoms with Crippen molar-refractivity contribution in [3.05, 3.63) is 35.4 Å². The van der Waals surface area contributed by atoms with Crippen molar-refractivity contribution in [2.45, 2.75) is 13.8 Å². The average molecular weight is 267 g/mol. The molecule has 106 valence electrons. The number of likely N-dealkylation sites (N-methyl/N-ethyl adjacent to an activating group) is 1. The number of urea groups is 1. The second kappa shape index (κ2) is 6.41. The van der Waals surface area contributed by atoms with Crippen LogP contribution < -0.4 is 0 Å². The molecule has 2 amide bonds. The van der Waals surface area contributed by atoms with E-state index in [4.69, 9.17) is 0 Å². The molecular weight excluding hydrogens is 245 g/mol. The van der Waals surface area contributed by atoms with Crippen LogP contribution in [0.5, 0.6) is 0 Å². The summed E-state index contributed by atoms with van der Waals surface area (Å²) < 4.78 is 13.6. The Kier molecular flexibility index (Phi) is 5.15. The van der Waals surface area contributed by atoms with E-state index in [9.17, 15) is 9.18 Å². The molecule has 0 aromatic carbocycles. The van der Waals surface area contributed by atoms with Crippen LogP contribution in [-0.4, -0.2) is 55.0 Å². The molecule has 4 nitrogen and oxygen atoms in total. The lowest BCUT2D eigenvalue weighted by molar-refractivity contribution is 0.172. The summed E-state index contributed by atoms with van der Waals surface area (Å²) in [7, 11) is 5.32. The van der Waals surface area contributed by atoms with Crippen LogP contribution in [-0.2, 0) is 0 Å². The molecule has 1 rings (SSSR count). The van der Waals surface area contributed by atoms with Crippen molar-refractivity contribution in [3.63, 3.8) is 0 Å². The Balaban J connectivity index is 3.13. The molecule has 0 N–H and O–H groups in total. The number of hydrogen-bond acceptors (Lipinski definition) is 2. The SMILES string of the molecule is C/C=C\C(F)=C/C1=C(C)N(C(=O)N(C)C)CCN1C. The monoisotopic (exact) mass is 267 g/mol. The van der Waals surface area contributed by atoms with E-state index in [2.05, 4.69) is 0 Å². The lowest BCUT2D eigenvalue weighted by Gasteiger charge is -2.36. The fourth-order valence-corrected chi connectivity index (χ4v) is 1.99. The molecule has 0 fully saturated rings. The fraction of sp³-hybridized carbons (Fsp3) is 0.500. The van der Waals surface area contributed by atoms with Gasteiger partial charge in [0.05, 0.1) is 5.70 Å². The fourth-order valence-electron chi connectivity index (χ4n) is 1.99. The first-order valence-electron chi connectivity index (χ1n) is 6.29. The van der Waals surface area contributed by atoms with Gasteiger partial charge in [-0.25, -0.2) is 9.18 Å². The van der Waals surface area contributed by atoms with Crippen molar-refractivity contribution in [1.29, 1.82) is 0 Å². The Bertz CT molecular complexity index is 438. The first-order valence-corrected chi connectivity index (χ1v) is 6.29. The summed E-state index contributed by atoms with van der Waals surface area (Å²) in [6.07, 6.45) is 4.51. The van der Waals surface area contributed by atoms with Gasteiger partial charge < -0.3 is 9.80 Å². The first kappa shape index (κ1) is 15.3.